The summed E-state index contributed by atoms with van der Waals surface area (Å²) in [6.07, 6.45) is 9.86. The molecule has 1 saturated heterocycles. The lowest BCUT2D eigenvalue weighted by Crippen LogP contribution is -2.44. The first-order valence-electron chi connectivity index (χ1n) is 11.9. The van der Waals surface area contributed by atoms with Crippen LogP contribution >= 0.6 is 0 Å². The summed E-state index contributed by atoms with van der Waals surface area (Å²) in [7, 11) is 0. The lowest BCUT2D eigenvalue weighted by Gasteiger charge is -2.39. The van der Waals surface area contributed by atoms with Gasteiger partial charge in [0.15, 0.2) is 0 Å². The number of nitrogens with zero attached hydrogens (tertiary/aromatic N) is 2. The minimum absolute atomic E-state index is 0.0348. The molecular weight excluding hydrogens is 370 g/mol. The predicted octanol–water partition coefficient (Wildman–Crippen LogP) is 5.05. The van der Waals surface area contributed by atoms with Crippen molar-refractivity contribution in [3.05, 3.63) is 52.8 Å². The predicted molar refractivity (Wildman–Crippen MR) is 124 cm³/mol. The van der Waals surface area contributed by atoms with Crippen LogP contribution in [0.5, 0.6) is 0 Å². The van der Waals surface area contributed by atoms with Gasteiger partial charge in [-0.3, -0.25) is 9.69 Å². The summed E-state index contributed by atoms with van der Waals surface area (Å²) in [5.74, 6) is 0.0348. The Hall–Kier alpha value is -2.07. The highest BCUT2D eigenvalue weighted by Gasteiger charge is 2.23. The zero-order valence-corrected chi connectivity index (χ0v) is 18.9. The van der Waals surface area contributed by atoms with Gasteiger partial charge in [0.25, 0.3) is 5.91 Å². The van der Waals surface area contributed by atoms with Gasteiger partial charge in [-0.15, -0.1) is 0 Å². The number of benzene rings is 1. The first kappa shape index (κ1) is 21.2. The van der Waals surface area contributed by atoms with Crippen LogP contribution in [0.2, 0.25) is 0 Å². The molecule has 2 heterocycles. The number of carbonyl (C=O) groups excluding carboxylic acids is 1. The summed E-state index contributed by atoms with van der Waals surface area (Å²) in [5, 5.41) is 3.11. The smallest absolute Gasteiger partial charge is 0.251 e. The minimum atomic E-state index is 0.0348. The molecule has 1 N–H and O–H groups in total. The van der Waals surface area contributed by atoms with E-state index in [4.69, 9.17) is 0 Å². The summed E-state index contributed by atoms with van der Waals surface area (Å²) < 4.78 is 2.37. The number of aromatic nitrogens is 1. The van der Waals surface area contributed by atoms with E-state index in [-0.39, 0.29) is 5.91 Å². The molecule has 0 unspecified atom stereocenters. The van der Waals surface area contributed by atoms with Crippen LogP contribution in [0, 0.1) is 6.92 Å². The van der Waals surface area contributed by atoms with Crippen LogP contribution in [0.4, 0.5) is 0 Å². The van der Waals surface area contributed by atoms with Gasteiger partial charge in [-0.05, 0) is 102 Å². The Morgan fingerprint density at radius 3 is 2.47 bits per heavy atom. The number of nitrogens with one attached hydrogen (secondary N) is 1. The van der Waals surface area contributed by atoms with Crippen LogP contribution in [0.3, 0.4) is 0 Å². The molecule has 0 spiro atoms. The Kier molecular flexibility index (Phi) is 6.62. The lowest BCUT2D eigenvalue weighted by molar-refractivity contribution is 0.0925. The van der Waals surface area contributed by atoms with E-state index in [2.05, 4.69) is 53.8 Å². The fourth-order valence-corrected chi connectivity index (χ4v) is 5.46. The molecule has 1 aromatic heterocycles. The number of hydrogen-bond donors (Lipinski definition) is 1. The normalized spacial score (nSPS) is 22.0. The van der Waals surface area contributed by atoms with Gasteiger partial charge in [-0.25, -0.2) is 0 Å². The molecule has 1 aliphatic carbocycles. The van der Waals surface area contributed by atoms with Crippen molar-refractivity contribution in [2.75, 3.05) is 13.1 Å². The minimum Gasteiger partial charge on any atom is -0.352 e. The number of fused-ring (bicyclic) bond motifs is 1. The number of hydrogen-bond acceptors (Lipinski definition) is 2. The highest BCUT2D eigenvalue weighted by atomic mass is 16.1. The van der Waals surface area contributed by atoms with E-state index in [9.17, 15) is 4.79 Å². The van der Waals surface area contributed by atoms with Gasteiger partial charge in [-0.2, -0.15) is 0 Å². The van der Waals surface area contributed by atoms with Crippen LogP contribution < -0.4 is 5.32 Å². The second-order valence-electron chi connectivity index (χ2n) is 9.32. The quantitative estimate of drug-likeness (QED) is 0.681. The first-order valence-corrected chi connectivity index (χ1v) is 11.9. The van der Waals surface area contributed by atoms with Gasteiger partial charge in [0, 0.05) is 47.8 Å². The van der Waals surface area contributed by atoms with E-state index >= 15 is 0 Å². The van der Waals surface area contributed by atoms with Gasteiger partial charge < -0.3 is 9.88 Å². The molecule has 0 radical (unpaired) electrons. The molecule has 162 valence electrons. The number of piperidine rings is 1. The third kappa shape index (κ3) is 4.49. The molecule has 4 heteroatoms. The molecule has 0 bridgehead atoms. The third-order valence-electron chi connectivity index (χ3n) is 7.13. The monoisotopic (exact) mass is 407 g/mol. The average Bonchev–Trinajstić information content (AvgIpc) is 3.08. The number of rotatable bonds is 6. The first-order chi connectivity index (χ1) is 14.5. The summed E-state index contributed by atoms with van der Waals surface area (Å²) in [5.41, 5.74) is 6.16. The van der Waals surface area contributed by atoms with Crippen LogP contribution in [0.25, 0.3) is 5.69 Å². The van der Waals surface area contributed by atoms with Gasteiger partial charge >= 0.3 is 0 Å². The van der Waals surface area contributed by atoms with Crippen molar-refractivity contribution in [1.29, 1.82) is 0 Å². The van der Waals surface area contributed by atoms with E-state index in [1.54, 1.807) is 0 Å². The maximum absolute atomic E-state index is 12.6. The largest absolute Gasteiger partial charge is 0.352 e. The molecular formula is C26H37N3O. The summed E-state index contributed by atoms with van der Waals surface area (Å²) in [6.45, 7) is 8.65. The van der Waals surface area contributed by atoms with Gasteiger partial charge in [-0.1, -0.05) is 6.42 Å². The van der Waals surface area contributed by atoms with Crippen molar-refractivity contribution in [3.63, 3.8) is 0 Å². The topological polar surface area (TPSA) is 37.3 Å². The third-order valence-corrected chi connectivity index (χ3v) is 7.13. The maximum Gasteiger partial charge on any atom is 0.251 e. The summed E-state index contributed by atoms with van der Waals surface area (Å²) in [4.78, 5) is 15.2. The van der Waals surface area contributed by atoms with E-state index in [1.165, 1.54) is 61.2 Å². The van der Waals surface area contributed by atoms with Crippen LogP contribution in [0.1, 0.15) is 79.7 Å². The highest BCUT2D eigenvalue weighted by molar-refractivity contribution is 5.94. The van der Waals surface area contributed by atoms with Crippen molar-refractivity contribution in [2.45, 2.75) is 84.2 Å². The van der Waals surface area contributed by atoms with Crippen molar-refractivity contribution >= 4 is 5.91 Å². The Balaban J connectivity index is 1.32. The average molecular weight is 408 g/mol. The Bertz CT molecular complexity index is 857. The number of aryl methyl sites for hydroxylation is 2. The molecule has 1 aliphatic heterocycles. The molecule has 2 aliphatic rings. The maximum atomic E-state index is 12.6. The summed E-state index contributed by atoms with van der Waals surface area (Å²) >= 11 is 0. The summed E-state index contributed by atoms with van der Waals surface area (Å²) in [6, 6.07) is 11.8. The molecule has 2 aromatic rings. The van der Waals surface area contributed by atoms with Crippen molar-refractivity contribution in [2.24, 2.45) is 0 Å². The van der Waals surface area contributed by atoms with Gasteiger partial charge in [0.1, 0.15) is 0 Å². The van der Waals surface area contributed by atoms with E-state index in [0.717, 1.165) is 31.5 Å². The lowest BCUT2D eigenvalue weighted by atomic mass is 9.97. The number of likely N-dealkylation sites (tertiary alicyclic amines) is 1. The Morgan fingerprint density at radius 2 is 1.73 bits per heavy atom. The fourth-order valence-electron chi connectivity index (χ4n) is 5.46. The Labute approximate surface area is 181 Å². The van der Waals surface area contributed by atoms with E-state index in [0.29, 0.717) is 12.1 Å². The van der Waals surface area contributed by atoms with E-state index < -0.39 is 0 Å². The SMILES string of the molecule is Cc1cc2c(n1-c1ccc(C(=O)NCCCN3[C@H](C)CCC[C@H]3C)cc1)CCCC2. The molecule has 2 atom stereocenters. The molecule has 4 rings (SSSR count). The number of amides is 1. The van der Waals surface area contributed by atoms with Crippen LogP contribution in [0.15, 0.2) is 30.3 Å². The Morgan fingerprint density at radius 1 is 1.03 bits per heavy atom. The second-order valence-corrected chi connectivity index (χ2v) is 9.32. The van der Waals surface area contributed by atoms with Crippen molar-refractivity contribution in [1.82, 2.24) is 14.8 Å². The van der Waals surface area contributed by atoms with Crippen molar-refractivity contribution < 1.29 is 4.79 Å². The molecule has 0 saturated carbocycles. The van der Waals surface area contributed by atoms with Crippen LogP contribution in [-0.4, -0.2) is 40.5 Å². The molecule has 1 fully saturated rings. The number of carbonyl (C=O) groups is 1. The molecule has 1 aromatic carbocycles. The zero-order valence-electron chi connectivity index (χ0n) is 18.9. The molecule has 1 amide bonds. The standard InChI is InChI=1S/C26H37N3O/c1-19-8-6-9-20(2)28(19)17-7-16-27-26(30)22-12-14-24(15-13-22)29-21(3)18-23-10-4-5-11-25(23)29/h12-15,18-20H,4-11,16-17H2,1-3H3,(H,27,30)/t19-,20-/m1/s1. The van der Waals surface area contributed by atoms with E-state index in [1.807, 2.05) is 12.1 Å². The van der Waals surface area contributed by atoms with Gasteiger partial charge in [0.2, 0.25) is 0 Å². The fraction of sp³-hybridized carbons (Fsp3) is 0.577. The zero-order chi connectivity index (χ0) is 21.1. The second kappa shape index (κ2) is 9.38. The molecule has 30 heavy (non-hydrogen) atoms. The van der Waals surface area contributed by atoms with Crippen LogP contribution in [-0.2, 0) is 12.8 Å². The van der Waals surface area contributed by atoms with Gasteiger partial charge in [0.05, 0.1) is 0 Å². The molecule has 4 nitrogen and oxygen atoms in total. The highest BCUT2D eigenvalue weighted by Crippen LogP contribution is 2.28. The van der Waals surface area contributed by atoms with Crippen molar-refractivity contribution in [3.8, 4) is 5.69 Å².